The number of phenols is 1. The molecule has 1 aromatic carbocycles. The van der Waals surface area contributed by atoms with E-state index in [4.69, 9.17) is 0 Å². The molecule has 0 saturated heterocycles. The maximum Gasteiger partial charge on any atom is 0.243 e. The fraction of sp³-hybridized carbons (Fsp3) is 0.562. The van der Waals surface area contributed by atoms with Crippen molar-refractivity contribution in [2.45, 2.75) is 51.3 Å². The van der Waals surface area contributed by atoms with Crippen molar-refractivity contribution in [3.63, 3.8) is 0 Å². The molecule has 1 rings (SSSR count). The number of anilines is 1. The van der Waals surface area contributed by atoms with Crippen molar-refractivity contribution >= 4 is 21.6 Å². The number of unbranched alkanes of at least 4 members (excludes halogenated alkanes) is 2. The predicted molar refractivity (Wildman–Crippen MR) is 91.0 cm³/mol. The summed E-state index contributed by atoms with van der Waals surface area (Å²) in [5, 5.41) is 12.4. The van der Waals surface area contributed by atoms with Crippen molar-refractivity contribution < 1.29 is 18.3 Å². The minimum absolute atomic E-state index is 0.0582. The Balaban J connectivity index is 2.97. The van der Waals surface area contributed by atoms with E-state index < -0.39 is 10.0 Å². The highest BCUT2D eigenvalue weighted by Crippen LogP contribution is 2.28. The van der Waals surface area contributed by atoms with Gasteiger partial charge in [0.25, 0.3) is 0 Å². The van der Waals surface area contributed by atoms with Crippen LogP contribution < -0.4 is 5.32 Å². The van der Waals surface area contributed by atoms with Gasteiger partial charge in [-0.3, -0.25) is 4.79 Å². The molecule has 0 spiro atoms. The molecule has 0 aromatic heterocycles. The van der Waals surface area contributed by atoms with Crippen LogP contribution >= 0.6 is 0 Å². The van der Waals surface area contributed by atoms with Crippen LogP contribution in [0.1, 0.15) is 46.5 Å². The molecule has 6 nitrogen and oxygen atoms in total. The summed E-state index contributed by atoms with van der Waals surface area (Å²) in [4.78, 5) is 11.9. The topological polar surface area (TPSA) is 86.7 Å². The molecular weight excluding hydrogens is 316 g/mol. The molecule has 0 aliphatic carbocycles. The van der Waals surface area contributed by atoms with Crippen LogP contribution in [0.2, 0.25) is 0 Å². The molecule has 1 amide bonds. The molecule has 0 heterocycles. The van der Waals surface area contributed by atoms with E-state index in [1.165, 1.54) is 22.5 Å². The highest BCUT2D eigenvalue weighted by molar-refractivity contribution is 7.89. The number of hydrogen-bond donors (Lipinski definition) is 2. The van der Waals surface area contributed by atoms with Crippen LogP contribution in [-0.2, 0) is 14.8 Å². The number of benzene rings is 1. The minimum atomic E-state index is -3.63. The summed E-state index contributed by atoms with van der Waals surface area (Å²) in [7, 11) is -3.63. The lowest BCUT2D eigenvalue weighted by molar-refractivity contribution is -0.116. The van der Waals surface area contributed by atoms with Crippen molar-refractivity contribution in [1.29, 1.82) is 0 Å². The first-order chi connectivity index (χ1) is 10.9. The Bertz CT molecular complexity index is 625. The molecule has 0 atom stereocenters. The maximum atomic E-state index is 12.5. The van der Waals surface area contributed by atoms with Crippen LogP contribution in [-0.4, -0.2) is 36.8 Å². The summed E-state index contributed by atoms with van der Waals surface area (Å²) in [5.74, 6) is -0.376. The van der Waals surface area contributed by atoms with Crippen molar-refractivity contribution in [1.82, 2.24) is 4.31 Å². The van der Waals surface area contributed by atoms with Crippen molar-refractivity contribution in [2.24, 2.45) is 0 Å². The first-order valence-electron chi connectivity index (χ1n) is 7.99. The van der Waals surface area contributed by atoms with E-state index in [2.05, 4.69) is 5.32 Å². The molecule has 7 heteroatoms. The second kappa shape index (κ2) is 8.88. The van der Waals surface area contributed by atoms with Crippen molar-refractivity contribution in [3.8, 4) is 5.75 Å². The standard InChI is InChI=1S/C16H26N2O4S/c1-4-7-8-9-16(20)17-14-12-13(10-11-15(14)19)23(21,22)18(5-2)6-3/h10-12,19H,4-9H2,1-3H3,(H,17,20). The van der Waals surface area contributed by atoms with Gasteiger partial charge >= 0.3 is 0 Å². The van der Waals surface area contributed by atoms with Crippen LogP contribution in [0.3, 0.4) is 0 Å². The number of aromatic hydroxyl groups is 1. The lowest BCUT2D eigenvalue weighted by Crippen LogP contribution is -2.30. The zero-order valence-corrected chi connectivity index (χ0v) is 14.8. The summed E-state index contributed by atoms with van der Waals surface area (Å²) < 4.78 is 26.3. The molecule has 0 aliphatic heterocycles. The van der Waals surface area contributed by atoms with Gasteiger partial charge in [-0.2, -0.15) is 4.31 Å². The minimum Gasteiger partial charge on any atom is -0.506 e. The van der Waals surface area contributed by atoms with Gasteiger partial charge in [-0.05, 0) is 24.6 Å². The van der Waals surface area contributed by atoms with Crippen LogP contribution in [0.5, 0.6) is 5.75 Å². The van der Waals surface area contributed by atoms with E-state index in [-0.39, 0.29) is 22.2 Å². The molecule has 0 unspecified atom stereocenters. The Hall–Kier alpha value is -1.60. The average molecular weight is 342 g/mol. The van der Waals surface area contributed by atoms with Crippen molar-refractivity contribution in [3.05, 3.63) is 18.2 Å². The Kier molecular flexibility index (Phi) is 7.51. The predicted octanol–water partition coefficient (Wildman–Crippen LogP) is 2.94. The summed E-state index contributed by atoms with van der Waals surface area (Å²) in [6.07, 6.45) is 3.08. The first kappa shape index (κ1) is 19.4. The van der Waals surface area contributed by atoms with Gasteiger partial charge in [0.2, 0.25) is 15.9 Å². The first-order valence-corrected chi connectivity index (χ1v) is 9.43. The van der Waals surface area contributed by atoms with Crippen LogP contribution in [0.15, 0.2) is 23.1 Å². The van der Waals surface area contributed by atoms with Crippen LogP contribution in [0.25, 0.3) is 0 Å². The molecule has 0 radical (unpaired) electrons. The van der Waals surface area contributed by atoms with Gasteiger partial charge in [0, 0.05) is 19.5 Å². The fourth-order valence-corrected chi connectivity index (χ4v) is 3.72. The van der Waals surface area contributed by atoms with Gasteiger partial charge in [-0.1, -0.05) is 33.6 Å². The SMILES string of the molecule is CCCCCC(=O)Nc1cc(S(=O)(=O)N(CC)CC)ccc1O. The van der Waals surface area contributed by atoms with E-state index in [1.54, 1.807) is 13.8 Å². The van der Waals surface area contributed by atoms with E-state index in [1.807, 2.05) is 6.92 Å². The second-order valence-corrected chi connectivity index (χ2v) is 7.21. The summed E-state index contributed by atoms with van der Waals surface area (Å²) in [6, 6.07) is 3.94. The molecule has 1 aromatic rings. The Morgan fingerprint density at radius 2 is 1.83 bits per heavy atom. The highest BCUT2D eigenvalue weighted by atomic mass is 32.2. The molecule has 23 heavy (non-hydrogen) atoms. The number of phenolic OH excluding ortho intramolecular Hbond substituents is 1. The quantitative estimate of drug-likeness (QED) is 0.533. The van der Waals surface area contributed by atoms with E-state index in [9.17, 15) is 18.3 Å². The Labute approximate surface area is 138 Å². The molecule has 2 N–H and O–H groups in total. The highest BCUT2D eigenvalue weighted by Gasteiger charge is 2.22. The molecule has 0 fully saturated rings. The number of rotatable bonds is 9. The summed E-state index contributed by atoms with van der Waals surface area (Å²) >= 11 is 0. The third-order valence-electron chi connectivity index (χ3n) is 3.59. The number of carbonyl (C=O) groups excluding carboxylic acids is 1. The fourth-order valence-electron chi connectivity index (χ4n) is 2.24. The monoisotopic (exact) mass is 342 g/mol. The second-order valence-electron chi connectivity index (χ2n) is 5.27. The lowest BCUT2D eigenvalue weighted by atomic mass is 10.2. The van der Waals surface area contributed by atoms with Crippen LogP contribution in [0, 0.1) is 0 Å². The van der Waals surface area contributed by atoms with Gasteiger partial charge in [0.05, 0.1) is 10.6 Å². The van der Waals surface area contributed by atoms with E-state index in [0.717, 1.165) is 19.3 Å². The van der Waals surface area contributed by atoms with Gasteiger partial charge in [-0.15, -0.1) is 0 Å². The lowest BCUT2D eigenvalue weighted by Gasteiger charge is -2.19. The van der Waals surface area contributed by atoms with E-state index >= 15 is 0 Å². The van der Waals surface area contributed by atoms with Gasteiger partial charge in [-0.25, -0.2) is 8.42 Å². The van der Waals surface area contributed by atoms with Gasteiger partial charge in [0.1, 0.15) is 5.75 Å². The Morgan fingerprint density at radius 1 is 1.17 bits per heavy atom. The largest absolute Gasteiger partial charge is 0.506 e. The average Bonchev–Trinajstić information content (AvgIpc) is 2.50. The maximum absolute atomic E-state index is 12.5. The Morgan fingerprint density at radius 3 is 2.39 bits per heavy atom. The number of amides is 1. The molecular formula is C16H26N2O4S. The zero-order chi connectivity index (χ0) is 17.5. The van der Waals surface area contributed by atoms with Gasteiger partial charge in [0.15, 0.2) is 0 Å². The number of nitrogens with zero attached hydrogens (tertiary/aromatic N) is 1. The molecule has 0 bridgehead atoms. The third kappa shape index (κ3) is 5.21. The van der Waals surface area contributed by atoms with E-state index in [0.29, 0.717) is 19.5 Å². The molecule has 0 saturated carbocycles. The number of nitrogens with one attached hydrogen (secondary N) is 1. The van der Waals surface area contributed by atoms with Crippen LogP contribution in [0.4, 0.5) is 5.69 Å². The summed E-state index contributed by atoms with van der Waals surface area (Å²) in [5.41, 5.74) is 0.125. The normalized spacial score (nSPS) is 11.7. The number of hydrogen-bond acceptors (Lipinski definition) is 4. The third-order valence-corrected chi connectivity index (χ3v) is 5.64. The summed E-state index contributed by atoms with van der Waals surface area (Å²) in [6.45, 7) is 6.29. The molecule has 0 aliphatic rings. The molecule has 130 valence electrons. The number of sulfonamides is 1. The van der Waals surface area contributed by atoms with Gasteiger partial charge < -0.3 is 10.4 Å². The zero-order valence-electron chi connectivity index (χ0n) is 14.0. The van der Waals surface area contributed by atoms with Crippen molar-refractivity contribution in [2.75, 3.05) is 18.4 Å². The number of carbonyl (C=O) groups is 1. The smallest absolute Gasteiger partial charge is 0.243 e.